The highest BCUT2D eigenvalue weighted by Gasteiger charge is 2.32. The monoisotopic (exact) mass is 742 g/mol. The number of fused-ring (bicyclic) bond motifs is 6. The third-order valence-corrected chi connectivity index (χ3v) is 12.4. The van der Waals surface area contributed by atoms with E-state index in [2.05, 4.69) is 80.3 Å². The standard InChI is InChI=1S/C41H42N8O4S/c1-24-23-42-36-35-28-12-13-29(44-30(28)14-16-33(35)54-38(36)40(52)43-24)25-8-10-27(11-9-25)48-21-19-47(20-22-48)18-4-6-26-5-3-7-31-37(26)46(2)41(53)49(31)32-15-17-34(50)45-39(32)51/h3,5,7-14,16,24,32,42H,4,6,15,17-23H2,1-2H3,(H,43,52)(H,45,50,51)/t24-,32?/m1/s1. The zero-order valence-corrected chi connectivity index (χ0v) is 31.2. The summed E-state index contributed by atoms with van der Waals surface area (Å²) in [5.74, 6) is -0.729. The van der Waals surface area contributed by atoms with Crippen LogP contribution in [0.25, 0.3) is 43.3 Å². The van der Waals surface area contributed by atoms with Gasteiger partial charge < -0.3 is 15.5 Å². The number of anilines is 2. The average Bonchev–Trinajstić information content (AvgIpc) is 3.64. The molecule has 3 aromatic heterocycles. The fraction of sp³-hybridized carbons (Fsp3) is 0.341. The second kappa shape index (κ2) is 13.7. The molecular formula is C41H42N8O4S. The summed E-state index contributed by atoms with van der Waals surface area (Å²) in [6.45, 7) is 7.48. The second-order valence-electron chi connectivity index (χ2n) is 14.7. The SMILES string of the molecule is C[C@@H]1CNc2c(sc3ccc4nc(-c5ccc(N6CCN(CCCc7cccc8c7n(C)c(=O)n8C7CCC(=O)NC7=O)CC6)cc5)ccc4c23)C(=O)N1. The predicted molar refractivity (Wildman–Crippen MR) is 214 cm³/mol. The molecule has 3 aliphatic rings. The van der Waals surface area contributed by atoms with Gasteiger partial charge in [-0.2, -0.15) is 0 Å². The van der Waals surface area contributed by atoms with Gasteiger partial charge in [-0.15, -0.1) is 11.3 Å². The van der Waals surface area contributed by atoms with Gasteiger partial charge in [0.25, 0.3) is 5.91 Å². The van der Waals surface area contributed by atoms with E-state index < -0.39 is 11.9 Å². The van der Waals surface area contributed by atoms with E-state index in [4.69, 9.17) is 4.98 Å². The molecule has 0 bridgehead atoms. The van der Waals surface area contributed by atoms with E-state index in [9.17, 15) is 19.2 Å². The molecular weight excluding hydrogens is 701 g/mol. The average molecular weight is 743 g/mol. The lowest BCUT2D eigenvalue weighted by Gasteiger charge is -2.36. The summed E-state index contributed by atoms with van der Waals surface area (Å²) >= 11 is 1.52. The summed E-state index contributed by atoms with van der Waals surface area (Å²) in [5.41, 5.74) is 7.46. The van der Waals surface area contributed by atoms with E-state index in [1.165, 1.54) is 17.0 Å². The molecule has 13 heteroatoms. The number of piperidine rings is 1. The largest absolute Gasteiger partial charge is 0.381 e. The van der Waals surface area contributed by atoms with E-state index in [0.29, 0.717) is 13.0 Å². The first-order valence-electron chi connectivity index (χ1n) is 18.7. The fourth-order valence-electron chi connectivity index (χ4n) is 8.40. The molecule has 3 amide bonds. The summed E-state index contributed by atoms with van der Waals surface area (Å²) in [4.78, 5) is 61.2. The molecule has 9 rings (SSSR count). The third-order valence-electron chi connectivity index (χ3n) is 11.2. The molecule has 6 heterocycles. The Labute approximate surface area is 315 Å². The lowest BCUT2D eigenvalue weighted by molar-refractivity contribution is -0.135. The summed E-state index contributed by atoms with van der Waals surface area (Å²) in [7, 11) is 1.76. The number of aromatic nitrogens is 3. The number of benzene rings is 3. The number of imidazole rings is 1. The van der Waals surface area contributed by atoms with E-state index in [1.807, 2.05) is 19.1 Å². The van der Waals surface area contributed by atoms with Crippen LogP contribution < -0.4 is 26.5 Å². The predicted octanol–water partition coefficient (Wildman–Crippen LogP) is 5.05. The lowest BCUT2D eigenvalue weighted by atomic mass is 10.0. The van der Waals surface area contributed by atoms with Gasteiger partial charge in [0, 0.05) is 79.0 Å². The Hall–Kier alpha value is -5.53. The van der Waals surface area contributed by atoms with E-state index in [-0.39, 0.29) is 30.0 Å². The Morgan fingerprint density at radius 2 is 1.74 bits per heavy atom. The number of nitrogens with zero attached hydrogens (tertiary/aromatic N) is 5. The highest BCUT2D eigenvalue weighted by Crippen LogP contribution is 2.41. The molecule has 2 atom stereocenters. The van der Waals surface area contributed by atoms with Crippen LogP contribution in [-0.2, 0) is 23.1 Å². The van der Waals surface area contributed by atoms with Gasteiger partial charge in [0.05, 0.1) is 27.9 Å². The molecule has 0 aliphatic carbocycles. The Balaban J connectivity index is 0.832. The van der Waals surface area contributed by atoms with Crippen LogP contribution in [0.1, 0.15) is 47.5 Å². The van der Waals surface area contributed by atoms with Crippen molar-refractivity contribution in [1.29, 1.82) is 0 Å². The van der Waals surface area contributed by atoms with Crippen molar-refractivity contribution >= 4 is 72.5 Å². The van der Waals surface area contributed by atoms with Crippen molar-refractivity contribution in [3.8, 4) is 11.3 Å². The number of rotatable bonds is 7. The highest BCUT2D eigenvalue weighted by atomic mass is 32.1. The molecule has 3 aromatic carbocycles. The molecule has 0 radical (unpaired) electrons. The zero-order valence-electron chi connectivity index (χ0n) is 30.4. The van der Waals surface area contributed by atoms with Gasteiger partial charge in [0.15, 0.2) is 0 Å². The molecule has 12 nitrogen and oxygen atoms in total. The van der Waals surface area contributed by atoms with Crippen LogP contribution in [0, 0.1) is 0 Å². The highest BCUT2D eigenvalue weighted by molar-refractivity contribution is 7.21. The fourth-order valence-corrected chi connectivity index (χ4v) is 9.50. The summed E-state index contributed by atoms with van der Waals surface area (Å²) in [5, 5.41) is 11.1. The molecule has 2 saturated heterocycles. The number of nitrogens with one attached hydrogen (secondary N) is 3. The second-order valence-corrected chi connectivity index (χ2v) is 15.8. The molecule has 3 N–H and O–H groups in total. The Kier molecular flexibility index (Phi) is 8.70. The molecule has 0 saturated carbocycles. The minimum absolute atomic E-state index is 0.0237. The van der Waals surface area contributed by atoms with Gasteiger partial charge in [0.1, 0.15) is 10.9 Å². The number of aryl methyl sites for hydroxylation is 2. The van der Waals surface area contributed by atoms with Crippen molar-refractivity contribution < 1.29 is 14.4 Å². The summed E-state index contributed by atoms with van der Waals surface area (Å²) in [6.07, 6.45) is 2.33. The van der Waals surface area contributed by atoms with Crippen LogP contribution in [-0.4, -0.2) is 82.1 Å². The van der Waals surface area contributed by atoms with Crippen LogP contribution in [0.5, 0.6) is 0 Å². The van der Waals surface area contributed by atoms with Gasteiger partial charge >= 0.3 is 5.69 Å². The number of thiophene rings is 1. The van der Waals surface area contributed by atoms with Crippen molar-refractivity contribution in [1.82, 2.24) is 29.7 Å². The smallest absolute Gasteiger partial charge is 0.329 e. The van der Waals surface area contributed by atoms with Crippen molar-refractivity contribution in [2.75, 3.05) is 49.5 Å². The molecule has 1 unspecified atom stereocenters. The number of pyridine rings is 1. The van der Waals surface area contributed by atoms with Crippen LogP contribution in [0.2, 0.25) is 0 Å². The third kappa shape index (κ3) is 6.01. The number of hydrogen-bond acceptors (Lipinski definition) is 9. The first kappa shape index (κ1) is 34.3. The van der Waals surface area contributed by atoms with Crippen LogP contribution >= 0.6 is 11.3 Å². The van der Waals surface area contributed by atoms with E-state index in [1.54, 1.807) is 16.2 Å². The molecule has 276 valence electrons. The van der Waals surface area contributed by atoms with Crippen molar-refractivity contribution in [3.05, 3.63) is 87.7 Å². The number of hydrogen-bond donors (Lipinski definition) is 3. The number of piperazine rings is 1. The molecule has 0 spiro atoms. The number of amides is 3. The molecule has 3 aliphatic heterocycles. The minimum Gasteiger partial charge on any atom is -0.381 e. The van der Waals surface area contributed by atoms with Gasteiger partial charge in [0.2, 0.25) is 11.8 Å². The lowest BCUT2D eigenvalue weighted by Crippen LogP contribution is -2.46. The van der Waals surface area contributed by atoms with Gasteiger partial charge in [-0.25, -0.2) is 9.78 Å². The summed E-state index contributed by atoms with van der Waals surface area (Å²) in [6, 6.07) is 22.3. The Morgan fingerprint density at radius 3 is 2.54 bits per heavy atom. The number of imide groups is 1. The van der Waals surface area contributed by atoms with Crippen LogP contribution in [0.4, 0.5) is 11.4 Å². The maximum absolute atomic E-state index is 13.3. The Bertz CT molecular complexity index is 2530. The van der Waals surface area contributed by atoms with Gasteiger partial charge in [-0.1, -0.05) is 24.3 Å². The van der Waals surface area contributed by atoms with Crippen LogP contribution in [0.3, 0.4) is 0 Å². The maximum atomic E-state index is 13.3. The molecule has 54 heavy (non-hydrogen) atoms. The minimum atomic E-state index is -0.681. The van der Waals surface area contributed by atoms with Crippen molar-refractivity contribution in [2.45, 2.75) is 44.7 Å². The number of carbonyl (C=O) groups excluding carboxylic acids is 3. The first-order chi connectivity index (χ1) is 26.2. The molecule has 2 fully saturated rings. The summed E-state index contributed by atoms with van der Waals surface area (Å²) < 4.78 is 4.28. The zero-order chi connectivity index (χ0) is 37.1. The maximum Gasteiger partial charge on any atom is 0.329 e. The van der Waals surface area contributed by atoms with Gasteiger partial charge in [-0.3, -0.25) is 33.7 Å². The van der Waals surface area contributed by atoms with E-state index >= 15 is 0 Å². The van der Waals surface area contributed by atoms with Crippen LogP contribution in [0.15, 0.2) is 71.5 Å². The van der Waals surface area contributed by atoms with Crippen molar-refractivity contribution in [2.24, 2.45) is 7.05 Å². The Morgan fingerprint density at radius 1 is 0.926 bits per heavy atom. The topological polar surface area (TPSA) is 134 Å². The quantitative estimate of drug-likeness (QED) is 0.194. The normalized spacial score (nSPS) is 19.5. The first-order valence-corrected chi connectivity index (χ1v) is 19.6. The van der Waals surface area contributed by atoms with Gasteiger partial charge in [-0.05, 0) is 80.8 Å². The van der Waals surface area contributed by atoms with E-state index in [0.717, 1.165) is 105 Å². The number of para-hydroxylation sites is 1. The molecule has 6 aromatic rings. The number of carbonyl (C=O) groups is 3. The van der Waals surface area contributed by atoms with Crippen molar-refractivity contribution in [3.63, 3.8) is 0 Å².